The minimum atomic E-state index is -1.61. The minimum absolute atomic E-state index is 0. The van der Waals surface area contributed by atoms with E-state index in [-0.39, 0.29) is 64.4 Å². The third kappa shape index (κ3) is 11.5. The van der Waals surface area contributed by atoms with Crippen molar-refractivity contribution in [1.29, 1.82) is 0 Å². The van der Waals surface area contributed by atoms with E-state index in [4.69, 9.17) is 24.0 Å². The second-order valence-electron chi connectivity index (χ2n) is 5.98. The largest absolute Gasteiger partial charge is 0.490 e. The van der Waals surface area contributed by atoms with E-state index < -0.39 is 20.9 Å². The zero-order valence-corrected chi connectivity index (χ0v) is 21.7. The van der Waals surface area contributed by atoms with E-state index >= 15 is 0 Å². The summed E-state index contributed by atoms with van der Waals surface area (Å²) in [6.45, 7) is 5.35. The predicted molar refractivity (Wildman–Crippen MR) is 123 cm³/mol. The number of nitro benzene ring substituents is 2. The average Bonchev–Trinajstić information content (AvgIpc) is 2.60. The standard InChI is InChI=1S/C9H11NO3.C8H10N2O3.CH4O2S.CH4.Y.H2/c1-6-4-7(2)9(13-3)8(5-6)10(11)12;1-5-3-6(9)8(13-2)7(4-5)10(11)12;1-4(2)3;;;/h4-5H,1-3H3;3-4H,9H2,1-2H3;1H3,(H,2,3);1H4;;1H/i;;;;;1+1. The van der Waals surface area contributed by atoms with E-state index in [1.54, 1.807) is 19.9 Å². The molecule has 1 unspecified atom stereocenters. The summed E-state index contributed by atoms with van der Waals surface area (Å²) in [5.74, 6) is 0.464. The van der Waals surface area contributed by atoms with Gasteiger partial charge in [-0.15, -0.1) is 0 Å². The maximum atomic E-state index is 10.6. The molecular weight excluding hydrogens is 519 g/mol. The van der Waals surface area contributed by atoms with Crippen molar-refractivity contribution in [3.05, 3.63) is 61.2 Å². The van der Waals surface area contributed by atoms with Gasteiger partial charge in [0.25, 0.3) is 0 Å². The minimum Gasteiger partial charge on any atom is -0.490 e. The Morgan fingerprint density at radius 1 is 0.938 bits per heavy atom. The van der Waals surface area contributed by atoms with Gasteiger partial charge < -0.3 is 19.8 Å². The van der Waals surface area contributed by atoms with Crippen LogP contribution in [0.2, 0.25) is 0 Å². The van der Waals surface area contributed by atoms with Gasteiger partial charge in [0, 0.05) is 52.5 Å². The van der Waals surface area contributed by atoms with E-state index in [2.05, 4.69) is 0 Å². The molecule has 0 spiro atoms. The molecule has 0 amide bonds. The Bertz CT molecular complexity index is 874. The van der Waals surface area contributed by atoms with E-state index in [1.807, 2.05) is 13.0 Å². The van der Waals surface area contributed by atoms with Gasteiger partial charge in [0.2, 0.25) is 5.75 Å². The van der Waals surface area contributed by atoms with Crippen molar-refractivity contribution in [3.63, 3.8) is 0 Å². The van der Waals surface area contributed by atoms with Crippen molar-refractivity contribution in [2.24, 2.45) is 0 Å². The first-order valence-corrected chi connectivity index (χ1v) is 9.77. The Labute approximate surface area is 216 Å². The third-order valence-electron chi connectivity index (χ3n) is 3.44. The normalized spacial score (nSPS) is 9.84. The van der Waals surface area contributed by atoms with Crippen LogP contribution in [0.1, 0.15) is 25.5 Å². The van der Waals surface area contributed by atoms with Crippen LogP contribution in [0.5, 0.6) is 11.5 Å². The van der Waals surface area contributed by atoms with Crippen molar-refractivity contribution >= 4 is 28.1 Å². The summed E-state index contributed by atoms with van der Waals surface area (Å²) >= 11 is -1.61. The zero-order valence-electron chi connectivity index (χ0n) is 18.1. The Balaban J connectivity index is -0.000000203. The fraction of sp³-hybridized carbons (Fsp3) is 0.368. The first-order chi connectivity index (χ1) is 13.8. The molecule has 2 rings (SSSR count). The van der Waals surface area contributed by atoms with Crippen LogP contribution in [0.25, 0.3) is 0 Å². The van der Waals surface area contributed by atoms with Gasteiger partial charge >= 0.3 is 11.4 Å². The summed E-state index contributed by atoms with van der Waals surface area (Å²) in [5.41, 5.74) is 8.15. The molecule has 32 heavy (non-hydrogen) atoms. The topological polar surface area (TPSA) is 168 Å². The molecule has 179 valence electrons. The molecule has 0 aliphatic heterocycles. The van der Waals surface area contributed by atoms with Crippen LogP contribution < -0.4 is 15.2 Å². The van der Waals surface area contributed by atoms with Gasteiger partial charge in [-0.3, -0.25) is 20.2 Å². The Kier molecular flexibility index (Phi) is 17.8. The van der Waals surface area contributed by atoms with Gasteiger partial charge in [0.15, 0.2) is 5.75 Å². The van der Waals surface area contributed by atoms with Crippen LogP contribution in [0.3, 0.4) is 0 Å². The van der Waals surface area contributed by atoms with Gasteiger partial charge in [0.05, 0.1) is 29.8 Å². The number of nitrogens with two attached hydrogens (primary N) is 1. The Morgan fingerprint density at radius 3 is 1.62 bits per heavy atom. The Morgan fingerprint density at radius 2 is 1.28 bits per heavy atom. The molecule has 13 heteroatoms. The molecule has 3 N–H and O–H groups in total. The third-order valence-corrected chi connectivity index (χ3v) is 3.44. The number of methoxy groups -OCH3 is 2. The summed E-state index contributed by atoms with van der Waals surface area (Å²) in [4.78, 5) is 20.2. The second-order valence-corrected chi connectivity index (χ2v) is 6.83. The fourth-order valence-electron chi connectivity index (χ4n) is 2.47. The fourth-order valence-corrected chi connectivity index (χ4v) is 2.47. The molecular formula is C19H31N3O8SY. The SMILES string of the molecule is C.COc1c(C)cc(C)cc1[N+](=O)[O-].COc1c(N)cc(C)cc1[N+](=O)[O-].CS(=O)O.[2HH].[Y]. The smallest absolute Gasteiger partial charge is 0.313 e. The number of aryl methyl sites for hydroxylation is 3. The van der Waals surface area contributed by atoms with E-state index in [0.29, 0.717) is 5.75 Å². The summed E-state index contributed by atoms with van der Waals surface area (Å²) < 4.78 is 26.4. The van der Waals surface area contributed by atoms with Crippen LogP contribution in [0.15, 0.2) is 24.3 Å². The van der Waals surface area contributed by atoms with Crippen molar-refractivity contribution in [2.45, 2.75) is 28.2 Å². The van der Waals surface area contributed by atoms with E-state index in [0.717, 1.165) is 16.7 Å². The zero-order chi connectivity index (χ0) is 23.6. The predicted octanol–water partition coefficient (Wildman–Crippen LogP) is 4.43. The number of hydrogen-bond acceptors (Lipinski definition) is 8. The average molecular weight is 551 g/mol. The Hall–Kier alpha value is -2.15. The number of benzene rings is 2. The van der Waals surface area contributed by atoms with Gasteiger partial charge in [-0.1, -0.05) is 13.5 Å². The molecule has 0 aliphatic carbocycles. The number of nitrogens with zero attached hydrogens (tertiary/aromatic N) is 2. The molecule has 0 aromatic heterocycles. The molecule has 0 saturated carbocycles. The number of ether oxygens (including phenoxy) is 2. The molecule has 0 fully saturated rings. The molecule has 2 aromatic carbocycles. The van der Waals surface area contributed by atoms with Crippen LogP contribution in [0.4, 0.5) is 17.1 Å². The van der Waals surface area contributed by atoms with E-state index in [1.165, 1.54) is 32.6 Å². The van der Waals surface area contributed by atoms with Gasteiger partial charge in [-0.05, 0) is 43.5 Å². The summed E-state index contributed by atoms with van der Waals surface area (Å²) in [5, 5.41) is 21.2. The molecule has 0 heterocycles. The van der Waals surface area contributed by atoms with Gasteiger partial charge in [-0.2, -0.15) is 0 Å². The van der Waals surface area contributed by atoms with Crippen LogP contribution >= 0.6 is 0 Å². The maximum absolute atomic E-state index is 10.6. The number of anilines is 1. The molecule has 11 nitrogen and oxygen atoms in total. The molecule has 2 aromatic rings. The number of nitro groups is 2. The molecule has 0 bridgehead atoms. The quantitative estimate of drug-likeness (QED) is 0.242. The number of nitrogen functional groups attached to an aromatic ring is 1. The summed E-state index contributed by atoms with van der Waals surface area (Å²) in [7, 11) is 2.79. The molecule has 0 aliphatic rings. The van der Waals surface area contributed by atoms with Gasteiger partial charge in [0.1, 0.15) is 11.1 Å². The number of hydrogen-bond donors (Lipinski definition) is 2. The summed E-state index contributed by atoms with van der Waals surface area (Å²) in [6, 6.07) is 6.42. The molecule has 0 saturated heterocycles. The summed E-state index contributed by atoms with van der Waals surface area (Å²) in [6.07, 6.45) is 1.19. The van der Waals surface area contributed by atoms with E-state index in [9.17, 15) is 20.2 Å². The van der Waals surface area contributed by atoms with Crippen molar-refractivity contribution in [2.75, 3.05) is 26.2 Å². The van der Waals surface area contributed by atoms with Crippen molar-refractivity contribution in [3.8, 4) is 11.5 Å². The van der Waals surface area contributed by atoms with Gasteiger partial charge in [-0.25, -0.2) is 4.21 Å². The monoisotopic (exact) mass is 551 g/mol. The maximum Gasteiger partial charge on any atom is 0.313 e. The number of rotatable bonds is 4. The van der Waals surface area contributed by atoms with Crippen LogP contribution in [-0.4, -0.2) is 39.1 Å². The van der Waals surface area contributed by atoms with Crippen molar-refractivity contribution in [1.82, 2.24) is 0 Å². The first-order valence-electron chi connectivity index (χ1n) is 8.26. The molecule has 1 radical (unpaired) electrons. The van der Waals surface area contributed by atoms with Crippen LogP contribution in [0, 0.1) is 41.0 Å². The van der Waals surface area contributed by atoms with Crippen LogP contribution in [-0.2, 0) is 43.8 Å². The van der Waals surface area contributed by atoms with Crippen molar-refractivity contribution < 1.29 is 62.2 Å². The first kappa shape index (κ1) is 34.5. The second kappa shape index (κ2) is 16.5. The molecule has 1 atom stereocenters.